The summed E-state index contributed by atoms with van der Waals surface area (Å²) >= 11 is 0. The Kier molecular flexibility index (Phi) is 6.50. The minimum absolute atomic E-state index is 0.00149. The normalized spacial score (nSPS) is 16.0. The van der Waals surface area contributed by atoms with E-state index in [9.17, 15) is 8.42 Å². The minimum Gasteiger partial charge on any atom is -0.369 e. The van der Waals surface area contributed by atoms with Gasteiger partial charge in [0.25, 0.3) is 0 Å². The first kappa shape index (κ1) is 23.4. The van der Waals surface area contributed by atoms with Gasteiger partial charge in [-0.05, 0) is 24.3 Å². The Morgan fingerprint density at radius 3 is 2.49 bits per heavy atom. The number of anilines is 1. The molecule has 0 unspecified atom stereocenters. The van der Waals surface area contributed by atoms with E-state index >= 15 is 0 Å². The Bertz CT molecular complexity index is 1410. The van der Waals surface area contributed by atoms with Crippen LogP contribution in [0.5, 0.6) is 0 Å². The Hall–Kier alpha value is -3.34. The number of nitrogens with zero attached hydrogens (tertiary/aromatic N) is 6. The van der Waals surface area contributed by atoms with Gasteiger partial charge in [-0.2, -0.15) is 0 Å². The van der Waals surface area contributed by atoms with E-state index in [4.69, 9.17) is 5.14 Å². The molecule has 5 rings (SSSR count). The highest BCUT2D eigenvalue weighted by Gasteiger charge is 2.20. The lowest BCUT2D eigenvalue weighted by Gasteiger charge is -2.35. The average molecular weight is 492 g/mol. The van der Waals surface area contributed by atoms with Crippen molar-refractivity contribution in [3.8, 4) is 0 Å². The summed E-state index contributed by atoms with van der Waals surface area (Å²) in [4.78, 5) is 9.47. The number of aromatic nitrogens is 4. The van der Waals surface area contributed by atoms with E-state index in [1.807, 2.05) is 23.0 Å². The van der Waals surface area contributed by atoms with Crippen LogP contribution in [0.4, 0.5) is 5.69 Å². The fourth-order valence-corrected chi connectivity index (χ4v) is 5.49. The first-order valence-corrected chi connectivity index (χ1v) is 13.2. The van der Waals surface area contributed by atoms with Crippen LogP contribution in [0.25, 0.3) is 10.8 Å². The Morgan fingerprint density at radius 2 is 1.74 bits per heavy atom. The molecule has 1 aliphatic rings. The highest BCUT2D eigenvalue weighted by Crippen LogP contribution is 2.28. The molecule has 0 amide bonds. The molecule has 10 heteroatoms. The number of rotatable bonds is 7. The van der Waals surface area contributed by atoms with Crippen molar-refractivity contribution in [2.45, 2.75) is 30.8 Å². The Labute approximate surface area is 205 Å². The van der Waals surface area contributed by atoms with E-state index in [1.54, 1.807) is 18.3 Å². The molecule has 0 radical (unpaired) electrons. The summed E-state index contributed by atoms with van der Waals surface area (Å²) in [5.74, 6) is -0.00149. The van der Waals surface area contributed by atoms with Crippen LogP contribution in [0.3, 0.4) is 0 Å². The molecule has 2 aromatic carbocycles. The molecule has 2 N–H and O–H groups in total. The van der Waals surface area contributed by atoms with Crippen LogP contribution in [0.2, 0.25) is 0 Å². The van der Waals surface area contributed by atoms with Crippen molar-refractivity contribution in [2.24, 2.45) is 5.14 Å². The van der Waals surface area contributed by atoms with Gasteiger partial charge in [0, 0.05) is 67.5 Å². The molecular formula is C25H29N7O2S. The van der Waals surface area contributed by atoms with Crippen molar-refractivity contribution in [2.75, 3.05) is 31.1 Å². The highest BCUT2D eigenvalue weighted by atomic mass is 32.2. The zero-order valence-corrected chi connectivity index (χ0v) is 20.5. The van der Waals surface area contributed by atoms with Crippen LogP contribution < -0.4 is 10.0 Å². The first-order valence-electron chi connectivity index (χ1n) is 11.7. The average Bonchev–Trinajstić information content (AvgIpc) is 3.30. The molecule has 0 saturated carbocycles. The zero-order chi connectivity index (χ0) is 24.4. The summed E-state index contributed by atoms with van der Waals surface area (Å²) < 4.78 is 25.8. The molecule has 0 bridgehead atoms. The monoisotopic (exact) mass is 491 g/mol. The predicted molar refractivity (Wildman–Crippen MR) is 135 cm³/mol. The summed E-state index contributed by atoms with van der Waals surface area (Å²) in [6, 6.07) is 17.3. The fraction of sp³-hybridized carbons (Fsp3) is 0.320. The van der Waals surface area contributed by atoms with Crippen LogP contribution in [-0.4, -0.2) is 59.5 Å². The summed E-state index contributed by atoms with van der Waals surface area (Å²) in [6.07, 6.45) is 3.62. The Morgan fingerprint density at radius 1 is 0.971 bits per heavy atom. The summed E-state index contributed by atoms with van der Waals surface area (Å²) in [6.45, 7) is 7.33. The third-order valence-electron chi connectivity index (χ3n) is 6.50. The Balaban J connectivity index is 1.24. The lowest BCUT2D eigenvalue weighted by Crippen LogP contribution is -2.46. The van der Waals surface area contributed by atoms with Gasteiger partial charge in [0.15, 0.2) is 0 Å². The molecule has 1 atom stereocenters. The SMILES string of the molecule is C[C@@H](Cn1cc(CN2CCN(c3ccccc3)CC2)nn1)c1nccc2c(S(N)(=O)=O)cccc12. The van der Waals surface area contributed by atoms with Crippen molar-refractivity contribution in [3.05, 3.63) is 78.4 Å². The van der Waals surface area contributed by atoms with Crippen LogP contribution in [0.1, 0.15) is 24.2 Å². The van der Waals surface area contributed by atoms with Gasteiger partial charge in [0.1, 0.15) is 0 Å². The van der Waals surface area contributed by atoms with Gasteiger partial charge < -0.3 is 4.90 Å². The van der Waals surface area contributed by atoms with Crippen molar-refractivity contribution >= 4 is 26.5 Å². The van der Waals surface area contributed by atoms with Gasteiger partial charge >= 0.3 is 0 Å². The molecule has 182 valence electrons. The number of nitrogens with two attached hydrogens (primary N) is 1. The molecule has 3 heterocycles. The smallest absolute Gasteiger partial charge is 0.238 e. The summed E-state index contributed by atoms with van der Waals surface area (Å²) in [5.41, 5.74) is 3.01. The van der Waals surface area contributed by atoms with Crippen molar-refractivity contribution < 1.29 is 8.42 Å². The molecule has 0 spiro atoms. The number of primary sulfonamides is 1. The van der Waals surface area contributed by atoms with E-state index in [0.29, 0.717) is 11.9 Å². The molecular weight excluding hydrogens is 462 g/mol. The van der Waals surface area contributed by atoms with E-state index in [-0.39, 0.29) is 10.8 Å². The predicted octanol–water partition coefficient (Wildman–Crippen LogP) is 2.60. The number of hydrogen-bond acceptors (Lipinski definition) is 7. The van der Waals surface area contributed by atoms with Gasteiger partial charge in [-0.15, -0.1) is 5.10 Å². The third-order valence-corrected chi connectivity index (χ3v) is 7.47. The number of fused-ring (bicyclic) bond motifs is 1. The quantitative estimate of drug-likeness (QED) is 0.423. The van der Waals surface area contributed by atoms with E-state index in [1.165, 1.54) is 11.8 Å². The van der Waals surface area contributed by atoms with Crippen molar-refractivity contribution in [3.63, 3.8) is 0 Å². The number of sulfonamides is 1. The molecule has 1 fully saturated rings. The number of para-hydroxylation sites is 1. The van der Waals surface area contributed by atoms with Gasteiger partial charge in [-0.1, -0.05) is 42.5 Å². The van der Waals surface area contributed by atoms with E-state index < -0.39 is 10.0 Å². The second-order valence-corrected chi connectivity index (χ2v) is 10.6. The second kappa shape index (κ2) is 9.73. The number of hydrogen-bond donors (Lipinski definition) is 1. The molecule has 0 aliphatic carbocycles. The first-order chi connectivity index (χ1) is 16.9. The lowest BCUT2D eigenvalue weighted by molar-refractivity contribution is 0.247. The molecule has 2 aromatic heterocycles. The van der Waals surface area contributed by atoms with E-state index in [0.717, 1.165) is 49.5 Å². The van der Waals surface area contributed by atoms with Crippen LogP contribution >= 0.6 is 0 Å². The maximum atomic E-state index is 12.0. The molecule has 9 nitrogen and oxygen atoms in total. The maximum absolute atomic E-state index is 12.0. The lowest BCUT2D eigenvalue weighted by atomic mass is 10.0. The number of piperazine rings is 1. The fourth-order valence-electron chi connectivity index (χ4n) is 4.74. The van der Waals surface area contributed by atoms with Gasteiger partial charge in [-0.3, -0.25) is 14.6 Å². The molecule has 1 saturated heterocycles. The standard InChI is InChI=1S/C25H29N7O2S/c1-19(25-23-8-5-9-24(35(26,33)34)22(23)10-11-27-25)16-32-18-20(28-29-32)17-30-12-14-31(15-13-30)21-6-3-2-4-7-21/h2-11,18-19H,12-17H2,1H3,(H2,26,33,34)/t19-/m0/s1. The topological polar surface area (TPSA) is 110 Å². The van der Waals surface area contributed by atoms with Crippen LogP contribution in [0.15, 0.2) is 71.9 Å². The molecule has 35 heavy (non-hydrogen) atoms. The molecule has 4 aromatic rings. The maximum Gasteiger partial charge on any atom is 0.238 e. The van der Waals surface area contributed by atoms with Crippen LogP contribution in [0, 0.1) is 0 Å². The van der Waals surface area contributed by atoms with E-state index in [2.05, 4.69) is 56.3 Å². The van der Waals surface area contributed by atoms with Crippen molar-refractivity contribution in [1.29, 1.82) is 0 Å². The minimum atomic E-state index is -3.82. The number of pyridine rings is 1. The van der Waals surface area contributed by atoms with Crippen molar-refractivity contribution in [1.82, 2.24) is 24.9 Å². The summed E-state index contributed by atoms with van der Waals surface area (Å²) in [7, 11) is -3.82. The second-order valence-electron chi connectivity index (χ2n) is 9.02. The van der Waals surface area contributed by atoms with Crippen LogP contribution in [-0.2, 0) is 23.1 Å². The molecule has 1 aliphatic heterocycles. The number of benzene rings is 2. The third kappa shape index (κ3) is 5.19. The van der Waals surface area contributed by atoms with Gasteiger partial charge in [-0.25, -0.2) is 13.6 Å². The zero-order valence-electron chi connectivity index (χ0n) is 19.7. The summed E-state index contributed by atoms with van der Waals surface area (Å²) in [5, 5.41) is 15.5. The van der Waals surface area contributed by atoms with Gasteiger partial charge in [0.2, 0.25) is 10.0 Å². The van der Waals surface area contributed by atoms with Gasteiger partial charge in [0.05, 0.1) is 22.8 Å². The highest BCUT2D eigenvalue weighted by molar-refractivity contribution is 7.89. The largest absolute Gasteiger partial charge is 0.369 e.